The van der Waals surface area contributed by atoms with Crippen LogP contribution < -0.4 is 11.5 Å². The van der Waals surface area contributed by atoms with Crippen LogP contribution in [0.2, 0.25) is 0 Å². The molecule has 0 aliphatic heterocycles. The third kappa shape index (κ3) is 3.26. The number of halogens is 1. The highest BCUT2D eigenvalue weighted by atomic mass is 19.1. The van der Waals surface area contributed by atoms with Gasteiger partial charge >= 0.3 is 0 Å². The summed E-state index contributed by atoms with van der Waals surface area (Å²) in [5, 5.41) is 8.91. The van der Waals surface area contributed by atoms with Gasteiger partial charge in [-0.05, 0) is 47.4 Å². The second-order valence-electron chi connectivity index (χ2n) is 5.68. The van der Waals surface area contributed by atoms with Crippen LogP contribution in [0.25, 0.3) is 5.57 Å². The van der Waals surface area contributed by atoms with E-state index in [0.717, 1.165) is 5.56 Å². The molecule has 0 fully saturated rings. The average Bonchev–Trinajstić information content (AvgIpc) is 2.60. The van der Waals surface area contributed by atoms with Crippen molar-refractivity contribution in [1.82, 2.24) is 0 Å². The number of rotatable bonds is 2. The fraction of sp³-hybridized carbons (Fsp3) is 0.105. The SMILES string of the molecule is N#Cc1ccc(C2=C(F)CCc3ccc(C(=O)N=C(N)N)cc32)cc1. The third-order valence-electron chi connectivity index (χ3n) is 4.04. The number of hydrogen-bond acceptors (Lipinski definition) is 2. The zero-order valence-electron chi connectivity index (χ0n) is 13.3. The highest BCUT2D eigenvalue weighted by molar-refractivity contribution is 6.02. The van der Waals surface area contributed by atoms with E-state index in [1.54, 1.807) is 42.5 Å². The van der Waals surface area contributed by atoms with Gasteiger partial charge in [-0.3, -0.25) is 4.79 Å². The van der Waals surface area contributed by atoms with Crippen molar-refractivity contribution >= 4 is 17.4 Å². The number of allylic oxidation sites excluding steroid dienone is 1. The first-order valence-electron chi connectivity index (χ1n) is 7.66. The van der Waals surface area contributed by atoms with E-state index in [2.05, 4.69) is 4.99 Å². The van der Waals surface area contributed by atoms with E-state index >= 15 is 0 Å². The van der Waals surface area contributed by atoms with Crippen LogP contribution in [-0.4, -0.2) is 11.9 Å². The van der Waals surface area contributed by atoms with Crippen molar-refractivity contribution < 1.29 is 9.18 Å². The predicted molar refractivity (Wildman–Crippen MR) is 93.2 cm³/mol. The number of amides is 1. The van der Waals surface area contributed by atoms with Crippen molar-refractivity contribution in [2.24, 2.45) is 16.5 Å². The predicted octanol–water partition coefficient (Wildman–Crippen LogP) is 2.65. The summed E-state index contributed by atoms with van der Waals surface area (Å²) in [5.41, 5.74) is 14.0. The van der Waals surface area contributed by atoms with Crippen LogP contribution in [0, 0.1) is 11.3 Å². The van der Waals surface area contributed by atoms with Gasteiger partial charge in [0.15, 0.2) is 5.96 Å². The molecule has 0 atom stereocenters. The smallest absolute Gasteiger partial charge is 0.280 e. The number of benzene rings is 2. The topological polar surface area (TPSA) is 105 Å². The molecule has 1 aliphatic carbocycles. The summed E-state index contributed by atoms with van der Waals surface area (Å²) < 4.78 is 14.6. The minimum absolute atomic E-state index is 0.247. The number of carbonyl (C=O) groups excluding carboxylic acids is 1. The number of nitriles is 1. The van der Waals surface area contributed by atoms with E-state index in [-0.39, 0.29) is 17.3 Å². The minimum atomic E-state index is -0.576. The van der Waals surface area contributed by atoms with Gasteiger partial charge in [0.1, 0.15) is 5.83 Å². The summed E-state index contributed by atoms with van der Waals surface area (Å²) in [5.74, 6) is -1.15. The summed E-state index contributed by atoms with van der Waals surface area (Å²) in [6, 6.07) is 13.7. The molecule has 25 heavy (non-hydrogen) atoms. The Hall–Kier alpha value is -3.46. The van der Waals surface area contributed by atoms with Crippen LogP contribution in [0.3, 0.4) is 0 Å². The molecule has 0 spiro atoms. The van der Waals surface area contributed by atoms with Crippen LogP contribution in [0.5, 0.6) is 0 Å². The van der Waals surface area contributed by atoms with Gasteiger partial charge in [-0.1, -0.05) is 18.2 Å². The fourth-order valence-electron chi connectivity index (χ4n) is 2.88. The van der Waals surface area contributed by atoms with Crippen LogP contribution in [-0.2, 0) is 6.42 Å². The number of aryl methyl sites for hydroxylation is 1. The first-order valence-corrected chi connectivity index (χ1v) is 7.66. The van der Waals surface area contributed by atoms with E-state index in [0.29, 0.717) is 35.1 Å². The normalized spacial score (nSPS) is 13.0. The molecular weight excluding hydrogens is 319 g/mol. The fourth-order valence-corrected chi connectivity index (χ4v) is 2.88. The maximum atomic E-state index is 14.6. The van der Waals surface area contributed by atoms with E-state index in [9.17, 15) is 9.18 Å². The lowest BCUT2D eigenvalue weighted by atomic mass is 9.85. The number of hydrogen-bond donors (Lipinski definition) is 2. The Balaban J connectivity index is 2.11. The maximum Gasteiger partial charge on any atom is 0.280 e. The molecule has 0 saturated heterocycles. The molecule has 0 bridgehead atoms. The maximum absolute atomic E-state index is 14.6. The number of guanidine groups is 1. The third-order valence-corrected chi connectivity index (χ3v) is 4.04. The summed E-state index contributed by atoms with van der Waals surface area (Å²) in [4.78, 5) is 15.6. The van der Waals surface area contributed by atoms with E-state index < -0.39 is 5.91 Å². The average molecular weight is 334 g/mol. The summed E-state index contributed by atoms with van der Waals surface area (Å²) in [6.07, 6.45) is 0.848. The van der Waals surface area contributed by atoms with Crippen LogP contribution in [0.1, 0.15) is 39.0 Å². The molecule has 3 rings (SSSR count). The van der Waals surface area contributed by atoms with Crippen molar-refractivity contribution in [3.63, 3.8) is 0 Å². The first kappa shape index (κ1) is 16.4. The molecule has 2 aromatic rings. The molecule has 5 nitrogen and oxygen atoms in total. The second-order valence-corrected chi connectivity index (χ2v) is 5.68. The highest BCUT2D eigenvalue weighted by Gasteiger charge is 2.22. The standard InChI is InChI=1S/C19H15FN4O/c20-16-8-7-12-5-6-14(18(25)24-19(22)23)9-15(12)17(16)13-3-1-11(10-21)2-4-13/h1-6,9H,7-8H2,(H4,22,23,24,25). The summed E-state index contributed by atoms with van der Waals surface area (Å²) in [7, 11) is 0. The number of carbonyl (C=O) groups is 1. The lowest BCUT2D eigenvalue weighted by molar-refractivity contribution is 0.100. The Morgan fingerprint density at radius 1 is 1.12 bits per heavy atom. The van der Waals surface area contributed by atoms with Gasteiger partial charge in [0.05, 0.1) is 11.6 Å². The Bertz CT molecular complexity index is 948. The van der Waals surface area contributed by atoms with Gasteiger partial charge in [0, 0.05) is 17.6 Å². The van der Waals surface area contributed by atoms with Crippen molar-refractivity contribution in [1.29, 1.82) is 5.26 Å². The molecule has 6 heteroatoms. The molecule has 0 saturated carbocycles. The largest absolute Gasteiger partial charge is 0.370 e. The van der Waals surface area contributed by atoms with Crippen molar-refractivity contribution in [3.05, 3.63) is 76.1 Å². The Morgan fingerprint density at radius 2 is 1.84 bits per heavy atom. The van der Waals surface area contributed by atoms with Crippen molar-refractivity contribution in [3.8, 4) is 6.07 Å². The van der Waals surface area contributed by atoms with Gasteiger partial charge < -0.3 is 11.5 Å². The lowest BCUT2D eigenvalue weighted by Gasteiger charge is -2.20. The zero-order valence-corrected chi connectivity index (χ0v) is 13.3. The molecule has 0 radical (unpaired) electrons. The number of nitrogens with zero attached hydrogens (tertiary/aromatic N) is 2. The zero-order chi connectivity index (χ0) is 18.0. The van der Waals surface area contributed by atoms with Gasteiger partial charge in [0.2, 0.25) is 0 Å². The molecule has 1 aliphatic rings. The van der Waals surface area contributed by atoms with Crippen molar-refractivity contribution in [2.45, 2.75) is 12.8 Å². The molecular formula is C19H15FN4O. The van der Waals surface area contributed by atoms with Gasteiger partial charge in [-0.2, -0.15) is 10.3 Å². The second kappa shape index (κ2) is 6.57. The highest BCUT2D eigenvalue weighted by Crippen LogP contribution is 2.37. The number of fused-ring (bicyclic) bond motifs is 1. The Labute approximate surface area is 144 Å². The molecule has 1 amide bonds. The number of aliphatic imine (C=N–C) groups is 1. The van der Waals surface area contributed by atoms with Crippen LogP contribution in [0.4, 0.5) is 4.39 Å². The van der Waals surface area contributed by atoms with Gasteiger partial charge in [-0.15, -0.1) is 0 Å². The molecule has 4 N–H and O–H groups in total. The van der Waals surface area contributed by atoms with E-state index in [4.69, 9.17) is 16.7 Å². The van der Waals surface area contributed by atoms with Crippen LogP contribution >= 0.6 is 0 Å². The van der Waals surface area contributed by atoms with Gasteiger partial charge in [0.25, 0.3) is 5.91 Å². The summed E-state index contributed by atoms with van der Waals surface area (Å²) >= 11 is 0. The van der Waals surface area contributed by atoms with E-state index in [1.165, 1.54) is 0 Å². The van der Waals surface area contributed by atoms with Crippen LogP contribution in [0.15, 0.2) is 53.3 Å². The molecule has 0 unspecified atom stereocenters. The Kier molecular flexibility index (Phi) is 4.31. The minimum Gasteiger partial charge on any atom is -0.370 e. The first-order chi connectivity index (χ1) is 12.0. The molecule has 124 valence electrons. The quantitative estimate of drug-likeness (QED) is 0.650. The van der Waals surface area contributed by atoms with E-state index in [1.807, 2.05) is 6.07 Å². The molecule has 0 heterocycles. The molecule has 2 aromatic carbocycles. The lowest BCUT2D eigenvalue weighted by Crippen LogP contribution is -2.24. The summed E-state index contributed by atoms with van der Waals surface area (Å²) in [6.45, 7) is 0. The number of nitrogens with two attached hydrogens (primary N) is 2. The molecule has 0 aromatic heterocycles. The van der Waals surface area contributed by atoms with Gasteiger partial charge in [-0.25, -0.2) is 4.39 Å². The van der Waals surface area contributed by atoms with Crippen molar-refractivity contribution in [2.75, 3.05) is 0 Å². The Morgan fingerprint density at radius 3 is 2.48 bits per heavy atom. The monoisotopic (exact) mass is 334 g/mol.